The Hall–Kier alpha value is -0.620. The summed E-state index contributed by atoms with van der Waals surface area (Å²) in [6, 6.07) is 0. The van der Waals surface area contributed by atoms with Gasteiger partial charge in [-0.3, -0.25) is 4.79 Å². The molecule has 106 valence electrons. The van der Waals surface area contributed by atoms with Gasteiger partial charge in [-0.05, 0) is 17.8 Å². The summed E-state index contributed by atoms with van der Waals surface area (Å²) in [6.45, 7) is 8.35. The smallest absolute Gasteiger partial charge is 0.306 e. The molecule has 5 nitrogen and oxygen atoms in total. The third-order valence-electron chi connectivity index (χ3n) is 3.48. The van der Waals surface area contributed by atoms with Crippen molar-refractivity contribution in [3.8, 4) is 0 Å². The van der Waals surface area contributed by atoms with Crippen LogP contribution in [0.15, 0.2) is 0 Å². The van der Waals surface area contributed by atoms with Crippen molar-refractivity contribution in [2.75, 3.05) is 18.8 Å². The van der Waals surface area contributed by atoms with Gasteiger partial charge in [-0.15, -0.1) is 0 Å². The van der Waals surface area contributed by atoms with Crippen LogP contribution in [0, 0.1) is 17.3 Å². The van der Waals surface area contributed by atoms with Crippen LogP contribution in [0.25, 0.3) is 0 Å². The first-order valence-electron chi connectivity index (χ1n) is 6.23. The fourth-order valence-corrected chi connectivity index (χ4v) is 3.74. The Morgan fingerprint density at radius 3 is 2.28 bits per heavy atom. The number of carbonyl (C=O) groups is 1. The molecule has 0 radical (unpaired) electrons. The first kappa shape index (κ1) is 15.4. The molecule has 0 bridgehead atoms. The van der Waals surface area contributed by atoms with Crippen LogP contribution in [-0.4, -0.2) is 42.6 Å². The molecule has 0 spiro atoms. The van der Waals surface area contributed by atoms with E-state index in [9.17, 15) is 13.2 Å². The Balaban J connectivity index is 2.47. The van der Waals surface area contributed by atoms with Gasteiger partial charge in [0.05, 0.1) is 11.7 Å². The van der Waals surface area contributed by atoms with Gasteiger partial charge in [0.2, 0.25) is 10.0 Å². The third kappa shape index (κ3) is 3.95. The van der Waals surface area contributed by atoms with Crippen LogP contribution in [0.5, 0.6) is 0 Å². The molecule has 1 rings (SSSR count). The predicted molar refractivity (Wildman–Crippen MR) is 69.7 cm³/mol. The van der Waals surface area contributed by atoms with E-state index in [0.29, 0.717) is 19.5 Å². The van der Waals surface area contributed by atoms with Gasteiger partial charge in [0.15, 0.2) is 0 Å². The maximum absolute atomic E-state index is 12.0. The zero-order valence-electron chi connectivity index (χ0n) is 11.5. The quantitative estimate of drug-likeness (QED) is 0.824. The van der Waals surface area contributed by atoms with Crippen LogP contribution >= 0.6 is 0 Å². The summed E-state index contributed by atoms with van der Waals surface area (Å²) in [5.74, 6) is -1.23. The second-order valence-corrected chi connectivity index (χ2v) is 8.42. The number of carboxylic acids is 1. The average molecular weight is 277 g/mol. The Kier molecular flexibility index (Phi) is 4.43. The number of rotatable bonds is 5. The normalized spacial score (nSPS) is 20.4. The van der Waals surface area contributed by atoms with E-state index in [2.05, 4.69) is 0 Å². The maximum Gasteiger partial charge on any atom is 0.306 e. The molecule has 0 aromatic rings. The third-order valence-corrected chi connectivity index (χ3v) is 5.28. The van der Waals surface area contributed by atoms with E-state index >= 15 is 0 Å². The molecule has 1 unspecified atom stereocenters. The molecule has 0 aliphatic carbocycles. The number of aliphatic carboxylic acids is 1. The number of sulfonamides is 1. The Morgan fingerprint density at radius 1 is 1.39 bits per heavy atom. The summed E-state index contributed by atoms with van der Waals surface area (Å²) in [7, 11) is -3.21. The summed E-state index contributed by atoms with van der Waals surface area (Å²) >= 11 is 0. The number of hydrogen-bond acceptors (Lipinski definition) is 3. The lowest BCUT2D eigenvalue weighted by Crippen LogP contribution is -2.54. The van der Waals surface area contributed by atoms with Crippen LogP contribution < -0.4 is 0 Å². The van der Waals surface area contributed by atoms with E-state index < -0.39 is 21.9 Å². The lowest BCUT2D eigenvalue weighted by molar-refractivity contribution is -0.144. The van der Waals surface area contributed by atoms with E-state index in [0.717, 1.165) is 0 Å². The highest BCUT2D eigenvalue weighted by Crippen LogP contribution is 2.28. The topological polar surface area (TPSA) is 74.7 Å². The fraction of sp³-hybridized carbons (Fsp3) is 0.917. The SMILES string of the molecule is CC(C(=O)O)C1CN(S(=O)(=O)CCC(C)(C)C)C1. The molecule has 1 heterocycles. The van der Waals surface area contributed by atoms with Gasteiger partial charge in [0, 0.05) is 13.1 Å². The second-order valence-electron chi connectivity index (χ2n) is 6.33. The molecule has 0 aromatic heterocycles. The van der Waals surface area contributed by atoms with Gasteiger partial charge < -0.3 is 5.11 Å². The van der Waals surface area contributed by atoms with Crippen LogP contribution in [-0.2, 0) is 14.8 Å². The highest BCUT2D eigenvalue weighted by atomic mass is 32.2. The monoisotopic (exact) mass is 277 g/mol. The molecule has 0 saturated carbocycles. The van der Waals surface area contributed by atoms with Crippen molar-refractivity contribution in [1.29, 1.82) is 0 Å². The Labute approximate surface area is 109 Å². The average Bonchev–Trinajstić information content (AvgIpc) is 2.10. The summed E-state index contributed by atoms with van der Waals surface area (Å²) in [5, 5.41) is 8.85. The zero-order chi connectivity index (χ0) is 14.1. The highest BCUT2D eigenvalue weighted by molar-refractivity contribution is 7.89. The van der Waals surface area contributed by atoms with Crippen molar-refractivity contribution in [3.63, 3.8) is 0 Å². The fourth-order valence-electron chi connectivity index (χ4n) is 1.78. The van der Waals surface area contributed by atoms with Gasteiger partial charge in [0.25, 0.3) is 0 Å². The van der Waals surface area contributed by atoms with Gasteiger partial charge in [0.1, 0.15) is 0 Å². The maximum atomic E-state index is 12.0. The largest absolute Gasteiger partial charge is 0.481 e. The summed E-state index contributed by atoms with van der Waals surface area (Å²) in [6.07, 6.45) is 0.616. The van der Waals surface area contributed by atoms with Gasteiger partial charge >= 0.3 is 5.97 Å². The van der Waals surface area contributed by atoms with Gasteiger partial charge in [-0.2, -0.15) is 0 Å². The standard InChI is InChI=1S/C12H23NO4S/c1-9(11(14)15)10-7-13(8-10)18(16,17)6-5-12(2,3)4/h9-10H,5-8H2,1-4H3,(H,14,15). The predicted octanol–water partition coefficient (Wildman–Crippen LogP) is 1.40. The molecule has 1 N–H and O–H groups in total. The molecule has 1 aliphatic rings. The minimum atomic E-state index is -3.21. The van der Waals surface area contributed by atoms with Crippen molar-refractivity contribution in [1.82, 2.24) is 4.31 Å². The van der Waals surface area contributed by atoms with Crippen molar-refractivity contribution in [3.05, 3.63) is 0 Å². The van der Waals surface area contributed by atoms with Crippen LogP contribution in [0.2, 0.25) is 0 Å². The molecule has 1 aliphatic heterocycles. The Morgan fingerprint density at radius 2 is 1.89 bits per heavy atom. The molecule has 6 heteroatoms. The minimum absolute atomic E-state index is 0.00824. The van der Waals surface area contributed by atoms with E-state index in [4.69, 9.17) is 5.11 Å². The van der Waals surface area contributed by atoms with Crippen molar-refractivity contribution in [2.45, 2.75) is 34.1 Å². The molecule has 1 fully saturated rings. The molecular formula is C12H23NO4S. The first-order chi connectivity index (χ1) is 8.03. The molecular weight excluding hydrogens is 254 g/mol. The first-order valence-corrected chi connectivity index (χ1v) is 7.84. The number of hydrogen-bond donors (Lipinski definition) is 1. The summed E-state index contributed by atoms with van der Waals surface area (Å²) in [4.78, 5) is 10.8. The Bertz CT molecular complexity index is 404. The van der Waals surface area contributed by atoms with Crippen LogP contribution in [0.1, 0.15) is 34.1 Å². The van der Waals surface area contributed by atoms with Crippen LogP contribution in [0.4, 0.5) is 0 Å². The van der Waals surface area contributed by atoms with Crippen molar-refractivity contribution in [2.24, 2.45) is 17.3 Å². The van der Waals surface area contributed by atoms with Gasteiger partial charge in [-0.25, -0.2) is 12.7 Å². The van der Waals surface area contributed by atoms with E-state index in [1.807, 2.05) is 20.8 Å². The number of carboxylic acid groups (broad SMARTS) is 1. The van der Waals surface area contributed by atoms with Gasteiger partial charge in [-0.1, -0.05) is 27.7 Å². The second kappa shape index (κ2) is 5.17. The van der Waals surface area contributed by atoms with E-state index in [-0.39, 0.29) is 17.1 Å². The highest BCUT2D eigenvalue weighted by Gasteiger charge is 2.40. The zero-order valence-corrected chi connectivity index (χ0v) is 12.3. The lowest BCUT2D eigenvalue weighted by atomic mass is 9.89. The van der Waals surface area contributed by atoms with Crippen LogP contribution in [0.3, 0.4) is 0 Å². The van der Waals surface area contributed by atoms with Crippen molar-refractivity contribution < 1.29 is 18.3 Å². The molecule has 0 aromatic carbocycles. The van der Waals surface area contributed by atoms with Crippen molar-refractivity contribution >= 4 is 16.0 Å². The molecule has 1 saturated heterocycles. The van der Waals surface area contributed by atoms with E-state index in [1.165, 1.54) is 4.31 Å². The summed E-state index contributed by atoms with van der Waals surface area (Å²) in [5.41, 5.74) is -0.00824. The lowest BCUT2D eigenvalue weighted by Gasteiger charge is -2.40. The molecule has 1 atom stereocenters. The summed E-state index contributed by atoms with van der Waals surface area (Å²) < 4.78 is 25.4. The molecule has 18 heavy (non-hydrogen) atoms. The minimum Gasteiger partial charge on any atom is -0.481 e. The molecule has 0 amide bonds. The number of nitrogens with zero attached hydrogens (tertiary/aromatic N) is 1. The van der Waals surface area contributed by atoms with E-state index in [1.54, 1.807) is 6.92 Å².